The third-order valence-electron chi connectivity index (χ3n) is 3.20. The van der Waals surface area contributed by atoms with E-state index in [0.29, 0.717) is 19.3 Å². The molecule has 1 heterocycles. The Kier molecular flexibility index (Phi) is 6.90. The fourth-order valence-corrected chi connectivity index (χ4v) is 2.04. The van der Waals surface area contributed by atoms with E-state index in [1.54, 1.807) is 0 Å². The molecule has 0 bridgehead atoms. The lowest BCUT2D eigenvalue weighted by Gasteiger charge is -2.19. The van der Waals surface area contributed by atoms with Crippen molar-refractivity contribution < 1.29 is 9.47 Å². The number of benzene rings is 1. The van der Waals surface area contributed by atoms with E-state index in [4.69, 9.17) is 15.2 Å². The highest BCUT2D eigenvalue weighted by Crippen LogP contribution is 2.32. The normalized spacial score (nSPS) is 13.0. The quantitative estimate of drug-likeness (QED) is 0.475. The van der Waals surface area contributed by atoms with Crippen LogP contribution >= 0.6 is 24.0 Å². The first-order valence-electron chi connectivity index (χ1n) is 6.68. The molecule has 0 unspecified atom stereocenters. The van der Waals surface area contributed by atoms with Gasteiger partial charge in [0.2, 0.25) is 6.79 Å². The average Bonchev–Trinajstić information content (AvgIpc) is 2.87. The van der Waals surface area contributed by atoms with Crippen LogP contribution in [0.5, 0.6) is 11.5 Å². The van der Waals surface area contributed by atoms with E-state index in [-0.39, 0.29) is 24.0 Å². The zero-order chi connectivity index (χ0) is 13.7. The van der Waals surface area contributed by atoms with Crippen molar-refractivity contribution in [2.75, 3.05) is 26.4 Å². The lowest BCUT2D eigenvalue weighted by Crippen LogP contribution is -2.37. The van der Waals surface area contributed by atoms with Crippen molar-refractivity contribution in [1.29, 1.82) is 0 Å². The van der Waals surface area contributed by atoms with Gasteiger partial charge in [0.1, 0.15) is 0 Å². The van der Waals surface area contributed by atoms with Crippen LogP contribution in [0.2, 0.25) is 0 Å². The van der Waals surface area contributed by atoms with Crippen LogP contribution in [0.4, 0.5) is 0 Å². The minimum Gasteiger partial charge on any atom is -0.454 e. The zero-order valence-corrected chi connectivity index (χ0v) is 14.3. The van der Waals surface area contributed by atoms with Crippen LogP contribution < -0.4 is 15.2 Å². The molecular weight excluding hydrogens is 369 g/mol. The predicted molar refractivity (Wildman–Crippen MR) is 91.1 cm³/mol. The van der Waals surface area contributed by atoms with E-state index in [9.17, 15) is 0 Å². The van der Waals surface area contributed by atoms with Gasteiger partial charge in [-0.15, -0.1) is 24.0 Å². The lowest BCUT2D eigenvalue weighted by atomic mass is 10.1. The summed E-state index contributed by atoms with van der Waals surface area (Å²) in [4.78, 5) is 6.44. The first-order chi connectivity index (χ1) is 9.24. The lowest BCUT2D eigenvalue weighted by molar-refractivity contribution is 0.174. The van der Waals surface area contributed by atoms with Crippen LogP contribution in [0.3, 0.4) is 0 Å². The number of hydrogen-bond donors (Lipinski definition) is 1. The summed E-state index contributed by atoms with van der Waals surface area (Å²) in [7, 11) is 0. The largest absolute Gasteiger partial charge is 0.454 e. The SMILES string of the molecule is CCN(CC)C(N)=NCCc1ccc2c(c1)OCO2.I. The molecule has 2 N–H and O–H groups in total. The molecule has 1 aromatic carbocycles. The summed E-state index contributed by atoms with van der Waals surface area (Å²) < 4.78 is 10.6. The summed E-state index contributed by atoms with van der Waals surface area (Å²) in [6.07, 6.45) is 0.846. The van der Waals surface area contributed by atoms with Gasteiger partial charge in [0, 0.05) is 19.6 Å². The number of rotatable bonds is 5. The Morgan fingerprint density at radius 2 is 1.95 bits per heavy atom. The molecule has 6 heteroatoms. The fraction of sp³-hybridized carbons (Fsp3) is 0.500. The van der Waals surface area contributed by atoms with Gasteiger partial charge in [0.25, 0.3) is 0 Å². The molecule has 0 atom stereocenters. The summed E-state index contributed by atoms with van der Waals surface area (Å²) in [6, 6.07) is 5.98. The maximum atomic E-state index is 5.92. The van der Waals surface area contributed by atoms with E-state index in [1.807, 2.05) is 23.1 Å². The van der Waals surface area contributed by atoms with Gasteiger partial charge in [0.15, 0.2) is 17.5 Å². The van der Waals surface area contributed by atoms with Crippen molar-refractivity contribution in [2.24, 2.45) is 10.7 Å². The number of halogens is 1. The maximum Gasteiger partial charge on any atom is 0.231 e. The Bertz CT molecular complexity index is 462. The Labute approximate surface area is 137 Å². The number of aliphatic imine (C=N–C) groups is 1. The van der Waals surface area contributed by atoms with Crippen LogP contribution in [0.15, 0.2) is 23.2 Å². The van der Waals surface area contributed by atoms with E-state index in [2.05, 4.69) is 18.8 Å². The molecule has 0 saturated heterocycles. The molecule has 2 rings (SSSR count). The highest BCUT2D eigenvalue weighted by molar-refractivity contribution is 14.0. The number of nitrogens with two attached hydrogens (primary N) is 1. The second-order valence-electron chi connectivity index (χ2n) is 4.35. The van der Waals surface area contributed by atoms with Crippen molar-refractivity contribution >= 4 is 29.9 Å². The zero-order valence-electron chi connectivity index (χ0n) is 12.0. The number of hydrogen-bond acceptors (Lipinski definition) is 3. The summed E-state index contributed by atoms with van der Waals surface area (Å²) in [6.45, 7) is 6.91. The number of nitrogens with zero attached hydrogens (tertiary/aromatic N) is 2. The molecule has 1 aliphatic rings. The van der Waals surface area contributed by atoms with Gasteiger partial charge in [-0.1, -0.05) is 6.07 Å². The minimum absolute atomic E-state index is 0. The first kappa shape index (κ1) is 16.9. The Morgan fingerprint density at radius 3 is 2.65 bits per heavy atom. The Balaban J connectivity index is 0.00000200. The molecule has 0 spiro atoms. The van der Waals surface area contributed by atoms with Gasteiger partial charge in [0.05, 0.1) is 0 Å². The van der Waals surface area contributed by atoms with Gasteiger partial charge in [-0.2, -0.15) is 0 Å². The van der Waals surface area contributed by atoms with Crippen LogP contribution in [0.25, 0.3) is 0 Å². The molecule has 1 aliphatic heterocycles. The molecule has 0 radical (unpaired) electrons. The molecule has 112 valence electrons. The highest BCUT2D eigenvalue weighted by atomic mass is 127. The minimum atomic E-state index is 0. The van der Waals surface area contributed by atoms with Gasteiger partial charge in [-0.05, 0) is 38.0 Å². The van der Waals surface area contributed by atoms with Crippen molar-refractivity contribution in [3.8, 4) is 11.5 Å². The third kappa shape index (κ3) is 4.16. The van der Waals surface area contributed by atoms with Gasteiger partial charge >= 0.3 is 0 Å². The molecule has 0 aromatic heterocycles. The maximum absolute atomic E-state index is 5.92. The topological polar surface area (TPSA) is 60.1 Å². The molecule has 0 saturated carbocycles. The van der Waals surface area contributed by atoms with Crippen LogP contribution in [-0.4, -0.2) is 37.3 Å². The number of guanidine groups is 1. The van der Waals surface area contributed by atoms with E-state index >= 15 is 0 Å². The van der Waals surface area contributed by atoms with E-state index in [1.165, 1.54) is 5.56 Å². The van der Waals surface area contributed by atoms with Crippen molar-refractivity contribution in [3.05, 3.63) is 23.8 Å². The first-order valence-corrected chi connectivity index (χ1v) is 6.68. The fourth-order valence-electron chi connectivity index (χ4n) is 2.04. The smallest absolute Gasteiger partial charge is 0.231 e. The molecular formula is C14H22IN3O2. The summed E-state index contributed by atoms with van der Waals surface area (Å²) >= 11 is 0. The third-order valence-corrected chi connectivity index (χ3v) is 3.20. The second kappa shape index (κ2) is 8.18. The van der Waals surface area contributed by atoms with E-state index in [0.717, 1.165) is 31.0 Å². The van der Waals surface area contributed by atoms with Gasteiger partial charge < -0.3 is 20.1 Å². The van der Waals surface area contributed by atoms with Crippen molar-refractivity contribution in [1.82, 2.24) is 4.90 Å². The van der Waals surface area contributed by atoms with Crippen molar-refractivity contribution in [3.63, 3.8) is 0 Å². The van der Waals surface area contributed by atoms with Crippen LogP contribution in [-0.2, 0) is 6.42 Å². The van der Waals surface area contributed by atoms with Gasteiger partial charge in [-0.3, -0.25) is 4.99 Å². The standard InChI is InChI=1S/C14H21N3O2.HI/c1-3-17(4-2)14(15)16-8-7-11-5-6-12-13(9-11)19-10-18-12;/h5-6,9H,3-4,7-8,10H2,1-2H3,(H2,15,16);1H. The highest BCUT2D eigenvalue weighted by Gasteiger charge is 2.12. The Morgan fingerprint density at radius 1 is 1.25 bits per heavy atom. The molecule has 5 nitrogen and oxygen atoms in total. The molecule has 0 aliphatic carbocycles. The number of fused-ring (bicyclic) bond motifs is 1. The molecule has 1 aromatic rings. The van der Waals surface area contributed by atoms with E-state index < -0.39 is 0 Å². The summed E-state index contributed by atoms with van der Waals surface area (Å²) in [5.74, 6) is 2.25. The molecule has 20 heavy (non-hydrogen) atoms. The summed E-state index contributed by atoms with van der Waals surface area (Å²) in [5, 5.41) is 0. The van der Waals surface area contributed by atoms with Gasteiger partial charge in [-0.25, -0.2) is 0 Å². The summed E-state index contributed by atoms with van der Waals surface area (Å²) in [5.41, 5.74) is 7.11. The Hall–Kier alpha value is -1.18. The second-order valence-corrected chi connectivity index (χ2v) is 4.35. The van der Waals surface area contributed by atoms with Crippen molar-refractivity contribution in [2.45, 2.75) is 20.3 Å². The monoisotopic (exact) mass is 391 g/mol. The molecule has 0 fully saturated rings. The predicted octanol–water partition coefficient (Wildman–Crippen LogP) is 2.23. The van der Waals surface area contributed by atoms with Crippen LogP contribution in [0, 0.1) is 0 Å². The van der Waals surface area contributed by atoms with Crippen LogP contribution in [0.1, 0.15) is 19.4 Å². The molecule has 0 amide bonds. The average molecular weight is 391 g/mol. The number of ether oxygens (including phenoxy) is 2.